The first kappa shape index (κ1) is 20.3. The van der Waals surface area contributed by atoms with Gasteiger partial charge in [-0.15, -0.1) is 13.2 Å². The fraction of sp³-hybridized carbons (Fsp3) is 0.0909. The van der Waals surface area contributed by atoms with E-state index in [1.165, 1.54) is 12.1 Å². The van der Waals surface area contributed by atoms with Gasteiger partial charge >= 0.3 is 12.4 Å². The Balaban J connectivity index is 1.52. The molecule has 0 saturated carbocycles. The average Bonchev–Trinajstić information content (AvgIpc) is 3.17. The van der Waals surface area contributed by atoms with Crippen molar-refractivity contribution in [1.82, 2.24) is 15.3 Å². The molecule has 0 unspecified atom stereocenters. The molecule has 0 spiro atoms. The molecule has 0 bridgehead atoms. The van der Waals surface area contributed by atoms with Crippen LogP contribution in [0.5, 0.6) is 5.75 Å². The highest BCUT2D eigenvalue weighted by Gasteiger charge is 2.31. The van der Waals surface area contributed by atoms with Crippen LogP contribution in [0, 0.1) is 0 Å². The Kier molecular flexibility index (Phi) is 5.48. The first-order chi connectivity index (χ1) is 14.9. The van der Waals surface area contributed by atoms with Gasteiger partial charge in [-0.05, 0) is 42.0 Å². The summed E-state index contributed by atoms with van der Waals surface area (Å²) in [6.45, 7) is 0. The van der Waals surface area contributed by atoms with Gasteiger partial charge in [0.15, 0.2) is 0 Å². The van der Waals surface area contributed by atoms with Crippen LogP contribution in [0.2, 0.25) is 0 Å². The molecular weight excluding hydrogens is 409 g/mol. The topological polar surface area (TPSA) is 79.0 Å². The number of ether oxygens (including phenoxy) is 1. The number of imidazole rings is 1. The van der Waals surface area contributed by atoms with E-state index in [2.05, 4.69) is 25.3 Å². The van der Waals surface area contributed by atoms with Gasteiger partial charge in [0.2, 0.25) is 0 Å². The second kappa shape index (κ2) is 8.39. The van der Waals surface area contributed by atoms with E-state index < -0.39 is 18.4 Å². The number of halogens is 3. The summed E-state index contributed by atoms with van der Waals surface area (Å²) in [6.07, 6.45) is -4.78. The first-order valence-electron chi connectivity index (χ1n) is 9.30. The molecule has 1 aromatic heterocycles. The zero-order valence-electron chi connectivity index (χ0n) is 16.0. The van der Waals surface area contributed by atoms with Crippen molar-refractivity contribution in [1.29, 1.82) is 0 Å². The zero-order valence-corrected chi connectivity index (χ0v) is 16.0. The maximum absolute atomic E-state index is 12.6. The highest BCUT2D eigenvalue weighted by Crippen LogP contribution is 2.25. The van der Waals surface area contributed by atoms with Crippen LogP contribution in [0.15, 0.2) is 78.9 Å². The molecule has 6 nitrogen and oxygen atoms in total. The van der Waals surface area contributed by atoms with E-state index in [1.807, 2.05) is 54.6 Å². The Morgan fingerprint density at radius 2 is 1.61 bits per heavy atom. The predicted octanol–water partition coefficient (Wildman–Crippen LogP) is 5.37. The molecule has 1 atom stereocenters. The van der Waals surface area contributed by atoms with Crippen molar-refractivity contribution >= 4 is 22.8 Å². The third-order valence-corrected chi connectivity index (χ3v) is 4.44. The number of hydrogen-bond acceptors (Lipinski definition) is 3. The van der Waals surface area contributed by atoms with Gasteiger partial charge < -0.3 is 20.4 Å². The van der Waals surface area contributed by atoms with Crippen molar-refractivity contribution in [3.05, 3.63) is 90.3 Å². The van der Waals surface area contributed by atoms with E-state index in [0.717, 1.165) is 28.7 Å². The number of benzene rings is 3. The van der Waals surface area contributed by atoms with E-state index in [1.54, 1.807) is 0 Å². The maximum atomic E-state index is 12.6. The van der Waals surface area contributed by atoms with Gasteiger partial charge in [-0.25, -0.2) is 9.78 Å². The lowest BCUT2D eigenvalue weighted by Crippen LogP contribution is -2.33. The molecule has 0 aliphatic rings. The number of aromatic amines is 1. The van der Waals surface area contributed by atoms with Crippen LogP contribution < -0.4 is 15.4 Å². The quantitative estimate of drug-likeness (QED) is 0.401. The number of carbonyl (C=O) groups excluding carboxylic acids is 1. The van der Waals surface area contributed by atoms with Crippen molar-refractivity contribution in [3.63, 3.8) is 0 Å². The van der Waals surface area contributed by atoms with Gasteiger partial charge in [0.05, 0.1) is 11.0 Å². The number of para-hydroxylation sites is 2. The van der Waals surface area contributed by atoms with Crippen LogP contribution in [0.3, 0.4) is 0 Å². The van der Waals surface area contributed by atoms with Crippen LogP contribution in [-0.2, 0) is 0 Å². The first-order valence-corrected chi connectivity index (χ1v) is 9.30. The highest BCUT2D eigenvalue weighted by atomic mass is 19.4. The maximum Gasteiger partial charge on any atom is 0.573 e. The minimum atomic E-state index is -4.78. The van der Waals surface area contributed by atoms with Crippen molar-refractivity contribution in [3.8, 4) is 5.75 Å². The summed E-state index contributed by atoms with van der Waals surface area (Å²) in [7, 11) is 0. The van der Waals surface area contributed by atoms with Gasteiger partial charge in [-0.3, -0.25) is 0 Å². The van der Waals surface area contributed by atoms with Gasteiger partial charge in [0.25, 0.3) is 0 Å². The molecule has 0 saturated heterocycles. The van der Waals surface area contributed by atoms with Crippen LogP contribution in [0.25, 0.3) is 11.0 Å². The summed E-state index contributed by atoms with van der Waals surface area (Å²) in [6, 6.07) is 20.6. The summed E-state index contributed by atoms with van der Waals surface area (Å²) in [5.74, 6) is 0.180. The molecule has 4 aromatic rings. The van der Waals surface area contributed by atoms with Gasteiger partial charge in [0, 0.05) is 5.69 Å². The third-order valence-electron chi connectivity index (χ3n) is 4.44. The molecule has 3 aromatic carbocycles. The van der Waals surface area contributed by atoms with Crippen LogP contribution >= 0.6 is 0 Å². The van der Waals surface area contributed by atoms with Crippen LogP contribution in [0.1, 0.15) is 17.4 Å². The minimum Gasteiger partial charge on any atom is -0.406 e. The molecule has 158 valence electrons. The predicted molar refractivity (Wildman–Crippen MR) is 110 cm³/mol. The van der Waals surface area contributed by atoms with E-state index in [0.29, 0.717) is 11.5 Å². The van der Waals surface area contributed by atoms with Crippen molar-refractivity contribution < 1.29 is 22.7 Å². The van der Waals surface area contributed by atoms with Crippen molar-refractivity contribution in [2.45, 2.75) is 12.4 Å². The number of carbonyl (C=O) groups is 1. The Morgan fingerprint density at radius 1 is 0.935 bits per heavy atom. The third kappa shape index (κ3) is 5.13. The smallest absolute Gasteiger partial charge is 0.406 e. The van der Waals surface area contributed by atoms with Crippen molar-refractivity contribution in [2.75, 3.05) is 5.32 Å². The normalized spacial score (nSPS) is 12.4. The van der Waals surface area contributed by atoms with E-state index in [4.69, 9.17) is 0 Å². The molecule has 0 aliphatic heterocycles. The molecule has 9 heteroatoms. The number of urea groups is 1. The monoisotopic (exact) mass is 426 g/mol. The number of hydrogen-bond donors (Lipinski definition) is 3. The number of aromatic nitrogens is 2. The summed E-state index contributed by atoms with van der Waals surface area (Å²) in [5.41, 5.74) is 2.72. The highest BCUT2D eigenvalue weighted by molar-refractivity contribution is 5.90. The van der Waals surface area contributed by atoms with E-state index in [9.17, 15) is 18.0 Å². The van der Waals surface area contributed by atoms with E-state index >= 15 is 0 Å². The molecular formula is C22H17F3N4O2. The Hall–Kier alpha value is -4.01. The molecule has 31 heavy (non-hydrogen) atoms. The number of anilines is 1. The Morgan fingerprint density at radius 3 is 2.29 bits per heavy atom. The number of fused-ring (bicyclic) bond motifs is 1. The minimum absolute atomic E-state index is 0.309. The second-order valence-corrected chi connectivity index (χ2v) is 6.65. The zero-order chi connectivity index (χ0) is 21.8. The second-order valence-electron chi connectivity index (χ2n) is 6.65. The molecule has 3 N–H and O–H groups in total. The molecule has 4 rings (SSSR count). The number of nitrogens with one attached hydrogen (secondary N) is 3. The molecule has 0 aliphatic carbocycles. The fourth-order valence-corrected chi connectivity index (χ4v) is 3.10. The van der Waals surface area contributed by atoms with Crippen LogP contribution in [0.4, 0.5) is 23.7 Å². The summed E-state index contributed by atoms with van der Waals surface area (Å²) in [5, 5.41) is 5.46. The van der Waals surface area contributed by atoms with Gasteiger partial charge in [-0.1, -0.05) is 42.5 Å². The van der Waals surface area contributed by atoms with Crippen molar-refractivity contribution in [2.24, 2.45) is 0 Å². The number of nitrogens with zero attached hydrogens (tertiary/aromatic N) is 1. The Bertz CT molecular complexity index is 1140. The number of amides is 2. The standard InChI is InChI=1S/C22H17F3N4O2/c23-22(24,25)31-16-12-10-15(11-13-16)26-21(30)29-19(14-6-2-1-3-7-14)20-27-17-8-4-5-9-18(17)28-20/h1-13,19H,(H,27,28)(H2,26,29,30)/t19-/m0/s1. The summed E-state index contributed by atoms with van der Waals surface area (Å²) in [4.78, 5) is 20.4. The lowest BCUT2D eigenvalue weighted by Gasteiger charge is -2.18. The molecule has 0 fully saturated rings. The van der Waals surface area contributed by atoms with E-state index in [-0.39, 0.29) is 5.75 Å². The summed E-state index contributed by atoms with van der Waals surface area (Å²) >= 11 is 0. The SMILES string of the molecule is O=C(Nc1ccc(OC(F)(F)F)cc1)N[C@@H](c1ccccc1)c1nc2ccccc2[nH]1. The number of rotatable bonds is 5. The van der Waals surface area contributed by atoms with Gasteiger partial charge in [0.1, 0.15) is 17.6 Å². The fourth-order valence-electron chi connectivity index (χ4n) is 3.10. The molecule has 1 heterocycles. The summed E-state index contributed by atoms with van der Waals surface area (Å²) < 4.78 is 40.7. The Labute approximate surface area is 175 Å². The van der Waals surface area contributed by atoms with Crippen LogP contribution in [-0.4, -0.2) is 22.4 Å². The lowest BCUT2D eigenvalue weighted by molar-refractivity contribution is -0.274. The lowest BCUT2D eigenvalue weighted by atomic mass is 10.1. The van der Waals surface area contributed by atoms with Gasteiger partial charge in [-0.2, -0.15) is 0 Å². The number of H-pyrrole nitrogens is 1. The molecule has 0 radical (unpaired) electrons. The number of alkyl halides is 3. The molecule has 2 amide bonds. The average molecular weight is 426 g/mol. The largest absolute Gasteiger partial charge is 0.573 e.